The Morgan fingerprint density at radius 2 is 1.67 bits per heavy atom. The number of halogens is 2. The molecule has 0 radical (unpaired) electrons. The highest BCUT2D eigenvalue weighted by atomic mass is 79.9. The molecule has 0 unspecified atom stereocenters. The summed E-state index contributed by atoms with van der Waals surface area (Å²) in [7, 11) is 0. The molecule has 4 heteroatoms. The first-order valence-corrected chi connectivity index (χ1v) is 7.93. The smallest absolute Gasteiger partial charge is 0.249 e. The van der Waals surface area contributed by atoms with Gasteiger partial charge in [-0.3, -0.25) is 4.79 Å². The Hall–Kier alpha value is -1.65. The van der Waals surface area contributed by atoms with E-state index in [1.807, 2.05) is 42.5 Å². The van der Waals surface area contributed by atoms with Gasteiger partial charge < -0.3 is 5.73 Å². The summed E-state index contributed by atoms with van der Waals surface area (Å²) < 4.78 is 1.99. The van der Waals surface area contributed by atoms with Crippen molar-refractivity contribution in [2.24, 2.45) is 5.73 Å². The maximum absolute atomic E-state index is 11.6. The van der Waals surface area contributed by atoms with Crippen LogP contribution in [0.5, 0.6) is 0 Å². The van der Waals surface area contributed by atoms with E-state index in [1.54, 1.807) is 6.07 Å². The number of hydrogen-bond donors (Lipinski definition) is 1. The first-order valence-electron chi connectivity index (χ1n) is 6.35. The number of carbonyl (C=O) groups is 1. The highest BCUT2D eigenvalue weighted by molar-refractivity contribution is 9.11. The van der Waals surface area contributed by atoms with Gasteiger partial charge in [-0.1, -0.05) is 52.3 Å². The lowest BCUT2D eigenvalue weighted by Crippen LogP contribution is -2.12. The molecule has 104 valence electrons. The van der Waals surface area contributed by atoms with E-state index in [1.165, 1.54) is 0 Å². The van der Waals surface area contributed by atoms with Gasteiger partial charge in [0.2, 0.25) is 5.91 Å². The van der Waals surface area contributed by atoms with Crippen molar-refractivity contribution in [3.8, 4) is 11.1 Å². The summed E-state index contributed by atoms with van der Waals surface area (Å²) in [6.07, 6.45) is 0. The Kier molecular flexibility index (Phi) is 3.83. The lowest BCUT2D eigenvalue weighted by molar-refractivity contribution is 0.100. The molecule has 0 saturated heterocycles. The second-order valence-electron chi connectivity index (χ2n) is 4.70. The van der Waals surface area contributed by atoms with E-state index in [0.29, 0.717) is 5.56 Å². The quantitative estimate of drug-likeness (QED) is 0.631. The number of primary amides is 1. The predicted octanol–water partition coefficient (Wildman–Crippen LogP) is 5.13. The molecule has 0 heterocycles. The lowest BCUT2D eigenvalue weighted by atomic mass is 9.97. The fourth-order valence-corrected chi connectivity index (χ4v) is 3.49. The molecule has 0 spiro atoms. The van der Waals surface area contributed by atoms with Crippen molar-refractivity contribution in [3.63, 3.8) is 0 Å². The molecule has 3 rings (SSSR count). The van der Waals surface area contributed by atoms with Crippen LogP contribution < -0.4 is 5.73 Å². The minimum atomic E-state index is -0.423. The van der Waals surface area contributed by atoms with Crippen LogP contribution in [0, 0.1) is 0 Å². The van der Waals surface area contributed by atoms with Crippen molar-refractivity contribution in [3.05, 3.63) is 69.1 Å². The fraction of sp³-hybridized carbons (Fsp3) is 0. The predicted molar refractivity (Wildman–Crippen MR) is 93.3 cm³/mol. The number of rotatable bonds is 2. The van der Waals surface area contributed by atoms with Gasteiger partial charge in [-0.25, -0.2) is 0 Å². The van der Waals surface area contributed by atoms with Crippen molar-refractivity contribution < 1.29 is 4.79 Å². The van der Waals surface area contributed by atoms with Crippen LogP contribution >= 0.6 is 31.9 Å². The van der Waals surface area contributed by atoms with Gasteiger partial charge in [0.05, 0.1) is 0 Å². The van der Waals surface area contributed by atoms with E-state index in [4.69, 9.17) is 5.73 Å². The van der Waals surface area contributed by atoms with Crippen molar-refractivity contribution in [2.45, 2.75) is 0 Å². The first-order chi connectivity index (χ1) is 10.1. The maximum atomic E-state index is 11.6. The van der Waals surface area contributed by atoms with Crippen LogP contribution in [0.1, 0.15) is 10.4 Å². The van der Waals surface area contributed by atoms with E-state index in [0.717, 1.165) is 30.8 Å². The van der Waals surface area contributed by atoms with E-state index in [9.17, 15) is 4.79 Å². The van der Waals surface area contributed by atoms with Gasteiger partial charge in [-0.15, -0.1) is 0 Å². The number of amides is 1. The molecule has 0 fully saturated rings. The molecule has 21 heavy (non-hydrogen) atoms. The first kappa shape index (κ1) is 14.3. The van der Waals surface area contributed by atoms with Gasteiger partial charge in [0, 0.05) is 14.5 Å². The van der Waals surface area contributed by atoms with E-state index in [2.05, 4.69) is 37.9 Å². The molecule has 0 atom stereocenters. The molecule has 2 N–H and O–H groups in total. The number of benzene rings is 3. The van der Waals surface area contributed by atoms with E-state index < -0.39 is 5.91 Å². The Labute approximate surface area is 139 Å². The molecule has 2 nitrogen and oxygen atoms in total. The summed E-state index contributed by atoms with van der Waals surface area (Å²) in [5.41, 5.74) is 7.79. The zero-order valence-electron chi connectivity index (χ0n) is 10.9. The Morgan fingerprint density at radius 1 is 0.905 bits per heavy atom. The third-order valence-electron chi connectivity index (χ3n) is 3.40. The summed E-state index contributed by atoms with van der Waals surface area (Å²) in [4.78, 5) is 11.6. The zero-order valence-corrected chi connectivity index (χ0v) is 14.1. The average molecular weight is 405 g/mol. The Balaban J connectivity index is 2.29. The topological polar surface area (TPSA) is 43.1 Å². The fourth-order valence-electron chi connectivity index (χ4n) is 2.40. The monoisotopic (exact) mass is 403 g/mol. The van der Waals surface area contributed by atoms with E-state index >= 15 is 0 Å². The van der Waals surface area contributed by atoms with Crippen LogP contribution in [-0.2, 0) is 0 Å². The molecular formula is C17H11Br2NO. The van der Waals surface area contributed by atoms with Crippen LogP contribution in [0.4, 0.5) is 0 Å². The molecule has 0 aliphatic heterocycles. The van der Waals surface area contributed by atoms with Gasteiger partial charge in [0.15, 0.2) is 0 Å². The second-order valence-corrected chi connectivity index (χ2v) is 6.41. The Bertz CT molecular complexity index is 859. The zero-order chi connectivity index (χ0) is 15.0. The average Bonchev–Trinajstić information content (AvgIpc) is 2.47. The molecule has 0 aliphatic rings. The maximum Gasteiger partial charge on any atom is 0.249 e. The highest BCUT2D eigenvalue weighted by Gasteiger charge is 2.13. The SMILES string of the molecule is NC(=O)c1ccccc1-c1ccc2cc(Br)ccc2c1Br. The number of carbonyl (C=O) groups excluding carboxylic acids is 1. The van der Waals surface area contributed by atoms with Crippen molar-refractivity contribution >= 4 is 48.5 Å². The molecule has 0 bridgehead atoms. The number of fused-ring (bicyclic) bond motifs is 1. The van der Waals surface area contributed by atoms with Crippen LogP contribution in [0.3, 0.4) is 0 Å². The lowest BCUT2D eigenvalue weighted by Gasteiger charge is -2.11. The summed E-state index contributed by atoms with van der Waals surface area (Å²) in [5, 5.41) is 2.21. The summed E-state index contributed by atoms with van der Waals surface area (Å²) >= 11 is 7.13. The van der Waals surface area contributed by atoms with Gasteiger partial charge in [0.25, 0.3) is 0 Å². The van der Waals surface area contributed by atoms with Crippen molar-refractivity contribution in [1.82, 2.24) is 0 Å². The minimum Gasteiger partial charge on any atom is -0.366 e. The summed E-state index contributed by atoms with van der Waals surface area (Å²) in [5.74, 6) is -0.423. The van der Waals surface area contributed by atoms with Crippen LogP contribution in [0.15, 0.2) is 63.5 Å². The van der Waals surface area contributed by atoms with Crippen LogP contribution in [0.25, 0.3) is 21.9 Å². The normalized spacial score (nSPS) is 10.8. The third kappa shape index (κ3) is 2.61. The van der Waals surface area contributed by atoms with Gasteiger partial charge >= 0.3 is 0 Å². The van der Waals surface area contributed by atoms with Gasteiger partial charge in [-0.2, -0.15) is 0 Å². The standard InChI is InChI=1S/C17H11Br2NO/c18-11-6-8-12-10(9-11)5-7-14(16(12)19)13-3-1-2-4-15(13)17(20)21/h1-9H,(H2,20,21). The minimum absolute atomic E-state index is 0.423. The Morgan fingerprint density at radius 3 is 2.43 bits per heavy atom. The molecular weight excluding hydrogens is 394 g/mol. The van der Waals surface area contributed by atoms with E-state index in [-0.39, 0.29) is 0 Å². The van der Waals surface area contributed by atoms with Crippen LogP contribution in [-0.4, -0.2) is 5.91 Å². The third-order valence-corrected chi connectivity index (χ3v) is 4.75. The molecule has 0 aliphatic carbocycles. The molecule has 3 aromatic rings. The number of hydrogen-bond acceptors (Lipinski definition) is 1. The highest BCUT2D eigenvalue weighted by Crippen LogP contribution is 2.36. The van der Waals surface area contributed by atoms with Gasteiger partial charge in [0.1, 0.15) is 0 Å². The van der Waals surface area contributed by atoms with Gasteiger partial charge in [-0.05, 0) is 56.0 Å². The van der Waals surface area contributed by atoms with Crippen LogP contribution in [0.2, 0.25) is 0 Å². The molecule has 0 saturated carbocycles. The summed E-state index contributed by atoms with van der Waals surface area (Å²) in [6.45, 7) is 0. The largest absolute Gasteiger partial charge is 0.366 e. The molecule has 3 aromatic carbocycles. The second kappa shape index (κ2) is 5.62. The molecule has 1 amide bonds. The molecule has 0 aromatic heterocycles. The summed E-state index contributed by atoms with van der Waals surface area (Å²) in [6, 6.07) is 17.5. The van der Waals surface area contributed by atoms with Crippen molar-refractivity contribution in [1.29, 1.82) is 0 Å². The van der Waals surface area contributed by atoms with Crippen molar-refractivity contribution in [2.75, 3.05) is 0 Å². The number of nitrogens with two attached hydrogens (primary N) is 1.